The molecule has 3 heterocycles. The molecule has 2 aliphatic heterocycles. The van der Waals surface area contributed by atoms with E-state index in [1.807, 2.05) is 60.7 Å². The van der Waals surface area contributed by atoms with Crippen LogP contribution in [-0.2, 0) is 0 Å². The van der Waals surface area contributed by atoms with Crippen LogP contribution in [0.3, 0.4) is 0 Å². The number of fused-ring (bicyclic) bond motifs is 9. The monoisotopic (exact) mass is 631 g/mol. The molecule has 1 aromatic heterocycles. The third kappa shape index (κ3) is 4.06. The molecule has 0 saturated carbocycles. The largest absolute Gasteiger partial charge is 0.449 e. The first kappa shape index (κ1) is 26.4. The second-order valence-corrected chi connectivity index (χ2v) is 12.6. The van der Waals surface area contributed by atoms with Crippen LogP contribution in [0.15, 0.2) is 152 Å². The van der Waals surface area contributed by atoms with E-state index in [0.29, 0.717) is 28.7 Å². The van der Waals surface area contributed by atoms with Crippen molar-refractivity contribution in [2.45, 2.75) is 0 Å². The topological polar surface area (TPSA) is 41.9 Å². The van der Waals surface area contributed by atoms with Gasteiger partial charge < -0.3 is 23.5 Å². The molecule has 0 N–H and O–H groups in total. The minimum absolute atomic E-state index is 0.689. The maximum absolute atomic E-state index is 6.45. The Bertz CT molecular complexity index is 2850. The molecular formula is C44H25NO4. The van der Waals surface area contributed by atoms with Crippen molar-refractivity contribution >= 4 is 43.4 Å². The second-order valence-electron chi connectivity index (χ2n) is 12.6. The van der Waals surface area contributed by atoms with Gasteiger partial charge in [-0.3, -0.25) is 0 Å². The van der Waals surface area contributed by atoms with Crippen molar-refractivity contribution < 1.29 is 18.9 Å². The zero-order valence-corrected chi connectivity index (χ0v) is 26.0. The number of hydrogen-bond donors (Lipinski definition) is 0. The van der Waals surface area contributed by atoms with Gasteiger partial charge >= 0.3 is 0 Å². The molecule has 0 radical (unpaired) electrons. The van der Waals surface area contributed by atoms with Crippen LogP contribution >= 0.6 is 0 Å². The molecule has 0 fully saturated rings. The van der Waals surface area contributed by atoms with Crippen molar-refractivity contribution in [2.24, 2.45) is 0 Å². The molecule has 0 spiro atoms. The highest BCUT2D eigenvalue weighted by Crippen LogP contribution is 2.50. The average Bonchev–Trinajstić information content (AvgIpc) is 3.48. The summed E-state index contributed by atoms with van der Waals surface area (Å²) in [7, 11) is 0. The van der Waals surface area contributed by atoms with Gasteiger partial charge in [0.15, 0.2) is 46.0 Å². The highest BCUT2D eigenvalue weighted by Gasteiger charge is 2.23. The normalized spacial score (nSPS) is 12.7. The van der Waals surface area contributed by atoms with Gasteiger partial charge in [-0.05, 0) is 99.4 Å². The van der Waals surface area contributed by atoms with Crippen molar-refractivity contribution in [2.75, 3.05) is 0 Å². The predicted octanol–water partition coefficient (Wildman–Crippen LogP) is 12.6. The van der Waals surface area contributed by atoms with Crippen LogP contribution in [-0.4, -0.2) is 4.57 Å². The first-order valence-corrected chi connectivity index (χ1v) is 16.3. The molecule has 0 amide bonds. The van der Waals surface area contributed by atoms with Gasteiger partial charge in [0.25, 0.3) is 0 Å². The summed E-state index contributed by atoms with van der Waals surface area (Å²) in [6.07, 6.45) is 0. The Kier molecular flexibility index (Phi) is 5.32. The van der Waals surface area contributed by atoms with Gasteiger partial charge in [-0.25, -0.2) is 0 Å². The van der Waals surface area contributed by atoms with Crippen molar-refractivity contribution in [1.82, 2.24) is 4.57 Å². The number of nitrogens with zero attached hydrogens (tertiary/aromatic N) is 1. The predicted molar refractivity (Wildman–Crippen MR) is 194 cm³/mol. The summed E-state index contributed by atoms with van der Waals surface area (Å²) in [5.41, 5.74) is 5.36. The molecule has 0 aliphatic carbocycles. The van der Waals surface area contributed by atoms with Crippen LogP contribution in [0.2, 0.25) is 0 Å². The van der Waals surface area contributed by atoms with Gasteiger partial charge in [-0.1, -0.05) is 78.9 Å². The highest BCUT2D eigenvalue weighted by molar-refractivity contribution is 6.10. The van der Waals surface area contributed by atoms with Crippen molar-refractivity contribution in [3.8, 4) is 62.8 Å². The van der Waals surface area contributed by atoms with Crippen molar-refractivity contribution in [3.05, 3.63) is 152 Å². The lowest BCUT2D eigenvalue weighted by atomic mass is 10.0. The quantitative estimate of drug-likeness (QED) is 0.190. The molecular weight excluding hydrogens is 606 g/mol. The Hall–Kier alpha value is -6.72. The highest BCUT2D eigenvalue weighted by atomic mass is 16.6. The molecule has 0 unspecified atom stereocenters. The van der Waals surface area contributed by atoms with Gasteiger partial charge in [0.05, 0.1) is 16.7 Å². The number of rotatable bonds is 2. The van der Waals surface area contributed by atoms with E-state index in [4.69, 9.17) is 18.9 Å². The summed E-state index contributed by atoms with van der Waals surface area (Å²) >= 11 is 0. The van der Waals surface area contributed by atoms with Crippen LogP contribution in [0.5, 0.6) is 46.0 Å². The molecule has 49 heavy (non-hydrogen) atoms. The van der Waals surface area contributed by atoms with Crippen molar-refractivity contribution in [1.29, 1.82) is 0 Å². The molecule has 2 aliphatic rings. The summed E-state index contributed by atoms with van der Waals surface area (Å²) in [4.78, 5) is 0. The zero-order chi connectivity index (χ0) is 32.1. The Balaban J connectivity index is 0.984. The van der Waals surface area contributed by atoms with E-state index in [1.54, 1.807) is 0 Å². The number of para-hydroxylation sites is 1. The summed E-state index contributed by atoms with van der Waals surface area (Å²) in [5, 5.41) is 6.79. The molecule has 0 saturated heterocycles. The lowest BCUT2D eigenvalue weighted by Gasteiger charge is -2.22. The lowest BCUT2D eigenvalue weighted by Crippen LogP contribution is -2.01. The number of aromatic nitrogens is 1. The van der Waals surface area contributed by atoms with E-state index in [9.17, 15) is 0 Å². The molecule has 8 aromatic carbocycles. The maximum atomic E-state index is 6.45. The maximum Gasteiger partial charge on any atom is 0.172 e. The molecule has 0 atom stereocenters. The fourth-order valence-electron chi connectivity index (χ4n) is 7.27. The third-order valence-corrected chi connectivity index (χ3v) is 9.64. The number of benzene rings is 8. The van der Waals surface area contributed by atoms with Crippen LogP contribution < -0.4 is 18.9 Å². The average molecular weight is 632 g/mol. The zero-order valence-electron chi connectivity index (χ0n) is 26.0. The number of ether oxygens (including phenoxy) is 4. The van der Waals surface area contributed by atoms with Gasteiger partial charge in [0, 0.05) is 16.8 Å². The molecule has 230 valence electrons. The molecule has 0 bridgehead atoms. The van der Waals surface area contributed by atoms with Crippen LogP contribution in [0, 0.1) is 0 Å². The first-order valence-electron chi connectivity index (χ1n) is 16.3. The summed E-state index contributed by atoms with van der Waals surface area (Å²) in [5.74, 6) is 5.68. The Labute approximate surface area is 280 Å². The summed E-state index contributed by atoms with van der Waals surface area (Å²) < 4.78 is 27.8. The van der Waals surface area contributed by atoms with Gasteiger partial charge in [0.2, 0.25) is 0 Å². The standard InChI is InChI=1S/C44H25NO4/c1-3-9-28-22-42-40(20-26(28)7-1)46-37-17-14-31(24-39(37)48-42)30-13-16-36-34(19-30)33-11-5-6-12-35(33)45(36)32-15-18-38-44(25-32)49-43-23-29-10-4-2-8-27(29)21-41(43)47-38/h1-25H. The minimum Gasteiger partial charge on any atom is -0.449 e. The van der Waals surface area contributed by atoms with E-state index in [1.165, 1.54) is 5.39 Å². The summed E-state index contributed by atoms with van der Waals surface area (Å²) in [6.45, 7) is 0. The van der Waals surface area contributed by atoms with Crippen LogP contribution in [0.4, 0.5) is 0 Å². The Morgan fingerprint density at radius 2 is 0.755 bits per heavy atom. The molecule has 11 rings (SSSR count). The second kappa shape index (κ2) is 9.89. The summed E-state index contributed by atoms with van der Waals surface area (Å²) in [6, 6.07) is 52.1. The minimum atomic E-state index is 0.689. The molecule has 5 heteroatoms. The fraction of sp³-hybridized carbons (Fsp3) is 0. The first-order chi connectivity index (χ1) is 24.2. The van der Waals surface area contributed by atoms with E-state index >= 15 is 0 Å². The van der Waals surface area contributed by atoms with E-state index in [0.717, 1.165) is 72.0 Å². The fourth-order valence-corrected chi connectivity index (χ4v) is 7.27. The van der Waals surface area contributed by atoms with Gasteiger partial charge in [-0.2, -0.15) is 0 Å². The van der Waals surface area contributed by atoms with E-state index < -0.39 is 0 Å². The molecule has 5 nitrogen and oxygen atoms in total. The van der Waals surface area contributed by atoms with Crippen LogP contribution in [0.25, 0.3) is 60.2 Å². The van der Waals surface area contributed by atoms with Crippen molar-refractivity contribution in [3.63, 3.8) is 0 Å². The third-order valence-electron chi connectivity index (χ3n) is 9.64. The van der Waals surface area contributed by atoms with Gasteiger partial charge in [-0.15, -0.1) is 0 Å². The smallest absolute Gasteiger partial charge is 0.172 e. The van der Waals surface area contributed by atoms with E-state index in [2.05, 4.69) is 95.6 Å². The van der Waals surface area contributed by atoms with Gasteiger partial charge in [0.1, 0.15) is 0 Å². The SMILES string of the molecule is c1ccc2cc3c(cc2c1)Oc1ccc(-c2ccc4c(c2)c2ccccc2n4-c2ccc4c(c2)Oc2cc5ccccc5cc2O4)cc1O3. The van der Waals surface area contributed by atoms with E-state index in [-0.39, 0.29) is 0 Å². The Morgan fingerprint density at radius 1 is 0.306 bits per heavy atom. The Morgan fingerprint density at radius 3 is 1.39 bits per heavy atom. The number of hydrogen-bond acceptors (Lipinski definition) is 4. The lowest BCUT2D eigenvalue weighted by molar-refractivity contribution is 0.360. The molecule has 9 aromatic rings. The van der Waals surface area contributed by atoms with Crippen LogP contribution in [0.1, 0.15) is 0 Å².